The van der Waals surface area contributed by atoms with Crippen molar-refractivity contribution >= 4 is 18.2 Å². The van der Waals surface area contributed by atoms with Gasteiger partial charge in [-0.3, -0.25) is 9.78 Å². The highest BCUT2D eigenvalue weighted by atomic mass is 35.5. The van der Waals surface area contributed by atoms with Crippen LogP contribution in [0.3, 0.4) is 0 Å². The van der Waals surface area contributed by atoms with E-state index >= 15 is 0 Å². The van der Waals surface area contributed by atoms with Crippen LogP contribution in [-0.2, 0) is 11.2 Å². The van der Waals surface area contributed by atoms with Crippen molar-refractivity contribution in [3.63, 3.8) is 0 Å². The van der Waals surface area contributed by atoms with Crippen molar-refractivity contribution < 1.29 is 9.53 Å². The van der Waals surface area contributed by atoms with Crippen LogP contribution in [-0.4, -0.2) is 16.4 Å². The number of rotatable bonds is 1. The number of fused-ring (bicyclic) bond motifs is 1. The van der Waals surface area contributed by atoms with Gasteiger partial charge in [0.05, 0.1) is 0 Å². The van der Waals surface area contributed by atoms with Gasteiger partial charge in [0.15, 0.2) is 11.4 Å². The van der Waals surface area contributed by atoms with Gasteiger partial charge in [-0.05, 0) is 24.5 Å². The number of nitrogens with zero attached hydrogens (tertiary/aromatic N) is 1. The molecule has 1 saturated heterocycles. The highest BCUT2D eigenvalue weighted by Crippen LogP contribution is 2.55. The lowest BCUT2D eigenvalue weighted by Gasteiger charge is -2.20. The molecular weight excluding hydrogens is 274 g/mol. The summed E-state index contributed by atoms with van der Waals surface area (Å²) in [6.07, 6.45) is 5.06. The Kier molecular flexibility index (Phi) is 3.11. The first-order chi connectivity index (χ1) is 9.31. The van der Waals surface area contributed by atoms with E-state index in [1.165, 1.54) is 0 Å². The highest BCUT2D eigenvalue weighted by Gasteiger charge is 2.63. The summed E-state index contributed by atoms with van der Waals surface area (Å²) in [7, 11) is 0. The molecular formula is C16H14ClNO2. The number of ether oxygens (including phenoxy) is 1. The van der Waals surface area contributed by atoms with Gasteiger partial charge in [0.25, 0.3) is 0 Å². The summed E-state index contributed by atoms with van der Waals surface area (Å²) in [5.74, 6) is 0.128. The molecule has 0 N–H and O–H groups in total. The number of carbonyl (C=O) groups is 1. The Morgan fingerprint density at radius 1 is 1.20 bits per heavy atom. The number of epoxide rings is 1. The van der Waals surface area contributed by atoms with E-state index in [0.717, 1.165) is 29.5 Å². The van der Waals surface area contributed by atoms with Crippen molar-refractivity contribution in [2.24, 2.45) is 0 Å². The van der Waals surface area contributed by atoms with Crippen LogP contribution in [0.15, 0.2) is 48.8 Å². The molecule has 0 radical (unpaired) electrons. The second kappa shape index (κ2) is 4.69. The van der Waals surface area contributed by atoms with Crippen LogP contribution in [0.4, 0.5) is 0 Å². The van der Waals surface area contributed by atoms with Gasteiger partial charge in [0, 0.05) is 23.5 Å². The maximum absolute atomic E-state index is 12.6. The molecule has 4 heteroatoms. The number of hydrogen-bond donors (Lipinski definition) is 0. The second-order valence-electron chi connectivity index (χ2n) is 5.16. The smallest absolute Gasteiger partial charge is 0.198 e. The molecule has 0 saturated carbocycles. The number of aryl methyl sites for hydroxylation is 1. The van der Waals surface area contributed by atoms with Crippen molar-refractivity contribution in [2.75, 3.05) is 0 Å². The van der Waals surface area contributed by atoms with Crippen LogP contribution in [0.5, 0.6) is 0 Å². The van der Waals surface area contributed by atoms with Gasteiger partial charge in [0.1, 0.15) is 6.10 Å². The molecule has 1 fully saturated rings. The van der Waals surface area contributed by atoms with Crippen LogP contribution in [0.2, 0.25) is 0 Å². The maximum atomic E-state index is 12.6. The van der Waals surface area contributed by atoms with Crippen LogP contribution >= 0.6 is 12.4 Å². The summed E-state index contributed by atoms with van der Waals surface area (Å²) in [6.45, 7) is 0. The fourth-order valence-corrected chi connectivity index (χ4v) is 3.03. The van der Waals surface area contributed by atoms with Gasteiger partial charge >= 0.3 is 0 Å². The summed E-state index contributed by atoms with van der Waals surface area (Å²) in [5.41, 5.74) is 2.33. The Bertz CT molecular complexity index is 659. The van der Waals surface area contributed by atoms with Crippen LogP contribution in [0, 0.1) is 0 Å². The summed E-state index contributed by atoms with van der Waals surface area (Å²) in [5, 5.41) is 0. The minimum atomic E-state index is -0.628. The number of hydrogen-bond acceptors (Lipinski definition) is 3. The lowest BCUT2D eigenvalue weighted by Crippen LogP contribution is -2.31. The topological polar surface area (TPSA) is 42.5 Å². The number of pyridine rings is 1. The molecule has 1 spiro atoms. The third-order valence-corrected chi connectivity index (χ3v) is 4.09. The fraction of sp³-hybridized carbons (Fsp3) is 0.250. The average molecular weight is 288 g/mol. The van der Waals surface area contributed by atoms with E-state index in [1.807, 2.05) is 36.4 Å². The third-order valence-electron chi connectivity index (χ3n) is 4.09. The van der Waals surface area contributed by atoms with E-state index in [9.17, 15) is 4.79 Å². The van der Waals surface area contributed by atoms with E-state index in [-0.39, 0.29) is 24.3 Å². The molecule has 3 nitrogen and oxygen atoms in total. The molecule has 2 aromatic rings. The standard InChI is InChI=1S/C16H13NO2.ClH/c18-14-13-6-2-1-4-11(13)7-8-16(14)15(19-16)12-5-3-9-17-10-12;/h1-6,9-10,15H,7-8H2;1H. The number of carbonyl (C=O) groups excluding carboxylic acids is 1. The molecule has 4 rings (SSSR count). The number of ketones is 1. The average Bonchev–Trinajstić information content (AvgIpc) is 3.20. The lowest BCUT2D eigenvalue weighted by atomic mass is 9.79. The van der Waals surface area contributed by atoms with Gasteiger partial charge in [-0.15, -0.1) is 12.4 Å². The second-order valence-corrected chi connectivity index (χ2v) is 5.16. The van der Waals surface area contributed by atoms with Gasteiger partial charge in [-0.1, -0.05) is 30.3 Å². The van der Waals surface area contributed by atoms with Gasteiger partial charge < -0.3 is 4.74 Å². The monoisotopic (exact) mass is 287 g/mol. The van der Waals surface area contributed by atoms with Gasteiger partial charge in [-0.2, -0.15) is 0 Å². The molecule has 1 aromatic heterocycles. The summed E-state index contributed by atoms with van der Waals surface area (Å²) < 4.78 is 5.81. The Hall–Kier alpha value is -1.71. The van der Waals surface area contributed by atoms with Gasteiger partial charge in [-0.25, -0.2) is 0 Å². The minimum Gasteiger partial charge on any atom is -0.352 e. The van der Waals surface area contributed by atoms with Crippen molar-refractivity contribution in [3.8, 4) is 0 Å². The van der Waals surface area contributed by atoms with E-state index in [2.05, 4.69) is 4.98 Å². The molecule has 0 bridgehead atoms. The third kappa shape index (κ3) is 1.78. The zero-order valence-electron chi connectivity index (χ0n) is 10.8. The molecule has 1 aliphatic carbocycles. The Labute approximate surface area is 123 Å². The summed E-state index contributed by atoms with van der Waals surface area (Å²) >= 11 is 0. The first kappa shape index (κ1) is 13.3. The molecule has 1 aromatic carbocycles. The normalized spacial score (nSPS) is 26.8. The van der Waals surface area contributed by atoms with Gasteiger partial charge in [0.2, 0.25) is 0 Å². The first-order valence-electron chi connectivity index (χ1n) is 6.52. The van der Waals surface area contributed by atoms with Crippen molar-refractivity contribution in [2.45, 2.75) is 24.5 Å². The quantitative estimate of drug-likeness (QED) is 0.757. The summed E-state index contributed by atoms with van der Waals surface area (Å²) in [4.78, 5) is 16.7. The SMILES string of the molecule is Cl.O=C1c2ccccc2CCC12OC2c1cccnc1. The minimum absolute atomic E-state index is 0. The largest absolute Gasteiger partial charge is 0.352 e. The molecule has 2 unspecified atom stereocenters. The Morgan fingerprint density at radius 3 is 2.85 bits per heavy atom. The van der Waals surface area contributed by atoms with Crippen molar-refractivity contribution in [3.05, 3.63) is 65.5 Å². The molecule has 102 valence electrons. The number of halogens is 1. The Morgan fingerprint density at radius 2 is 2.05 bits per heavy atom. The van der Waals surface area contributed by atoms with E-state index in [1.54, 1.807) is 12.4 Å². The van der Waals surface area contributed by atoms with Crippen molar-refractivity contribution in [1.82, 2.24) is 4.98 Å². The molecule has 2 heterocycles. The van der Waals surface area contributed by atoms with E-state index in [4.69, 9.17) is 4.74 Å². The van der Waals surface area contributed by atoms with Crippen LogP contribution in [0.1, 0.15) is 34.0 Å². The number of Topliss-reactive ketones (excluding diaryl/α,β-unsaturated/α-hetero) is 1. The first-order valence-corrected chi connectivity index (χ1v) is 6.52. The van der Waals surface area contributed by atoms with Crippen LogP contribution in [0.25, 0.3) is 0 Å². The van der Waals surface area contributed by atoms with E-state index in [0.29, 0.717) is 0 Å². The summed E-state index contributed by atoms with van der Waals surface area (Å²) in [6, 6.07) is 11.7. The molecule has 20 heavy (non-hydrogen) atoms. The number of benzene rings is 1. The lowest BCUT2D eigenvalue weighted by molar-refractivity contribution is 0.0850. The number of aromatic nitrogens is 1. The fourth-order valence-electron chi connectivity index (χ4n) is 3.03. The highest BCUT2D eigenvalue weighted by molar-refractivity contribution is 6.07. The zero-order chi connectivity index (χ0) is 12.9. The van der Waals surface area contributed by atoms with Crippen molar-refractivity contribution in [1.29, 1.82) is 0 Å². The van der Waals surface area contributed by atoms with E-state index < -0.39 is 5.60 Å². The predicted molar refractivity (Wildman–Crippen MR) is 77.1 cm³/mol. The Balaban J connectivity index is 0.00000121. The zero-order valence-corrected chi connectivity index (χ0v) is 11.6. The molecule has 2 atom stereocenters. The maximum Gasteiger partial charge on any atom is 0.198 e. The predicted octanol–water partition coefficient (Wildman–Crippen LogP) is 3.14. The molecule has 0 amide bonds. The molecule has 2 aliphatic rings. The molecule has 1 aliphatic heterocycles. The van der Waals surface area contributed by atoms with Crippen LogP contribution < -0.4 is 0 Å².